The van der Waals surface area contributed by atoms with Gasteiger partial charge in [0.2, 0.25) is 0 Å². The highest BCUT2D eigenvalue weighted by molar-refractivity contribution is 6.30. The Balaban J connectivity index is 2.07. The highest BCUT2D eigenvalue weighted by atomic mass is 35.5. The molecule has 1 nitrogen and oxygen atoms in total. The lowest BCUT2D eigenvalue weighted by Crippen LogP contribution is -2.04. The van der Waals surface area contributed by atoms with E-state index in [0.717, 1.165) is 17.5 Å². The molecule has 0 N–H and O–H groups in total. The minimum atomic E-state index is 0.142. The van der Waals surface area contributed by atoms with Crippen molar-refractivity contribution in [3.05, 3.63) is 70.2 Å². The number of carbonyl (C=O) groups excluding carboxylic acids is 1. The van der Waals surface area contributed by atoms with Crippen LogP contribution in [0.5, 0.6) is 0 Å². The van der Waals surface area contributed by atoms with E-state index in [1.165, 1.54) is 5.56 Å². The van der Waals surface area contributed by atoms with E-state index in [2.05, 4.69) is 26.0 Å². The summed E-state index contributed by atoms with van der Waals surface area (Å²) in [5.74, 6) is 0.679. The third-order valence-corrected chi connectivity index (χ3v) is 3.94. The van der Waals surface area contributed by atoms with E-state index in [-0.39, 0.29) is 5.78 Å². The fraction of sp³-hybridized carbons (Fsp3) is 0.278. The summed E-state index contributed by atoms with van der Waals surface area (Å²) in [6, 6.07) is 15.4. The van der Waals surface area contributed by atoms with Gasteiger partial charge < -0.3 is 0 Å². The van der Waals surface area contributed by atoms with Crippen LogP contribution in [-0.2, 0) is 6.42 Å². The molecule has 1 unspecified atom stereocenters. The van der Waals surface area contributed by atoms with E-state index >= 15 is 0 Å². The SMILES string of the molecule is CCC(C)c1ccc(C(=O)Cc2ccc(Cl)cc2)cc1. The lowest BCUT2D eigenvalue weighted by atomic mass is 9.96. The van der Waals surface area contributed by atoms with Crippen LogP contribution < -0.4 is 0 Å². The van der Waals surface area contributed by atoms with Gasteiger partial charge in [0, 0.05) is 17.0 Å². The van der Waals surface area contributed by atoms with Gasteiger partial charge in [-0.15, -0.1) is 0 Å². The zero-order valence-electron chi connectivity index (χ0n) is 11.9. The van der Waals surface area contributed by atoms with Gasteiger partial charge in [-0.2, -0.15) is 0 Å². The Bertz CT molecular complexity index is 569. The second-order valence-corrected chi connectivity index (χ2v) is 5.59. The number of benzene rings is 2. The number of rotatable bonds is 5. The van der Waals surface area contributed by atoms with E-state index in [1.54, 1.807) is 0 Å². The Morgan fingerprint density at radius 2 is 1.65 bits per heavy atom. The average molecular weight is 287 g/mol. The third-order valence-electron chi connectivity index (χ3n) is 3.69. The molecule has 0 spiro atoms. The second kappa shape index (κ2) is 6.71. The van der Waals surface area contributed by atoms with Crippen LogP contribution in [-0.4, -0.2) is 5.78 Å². The standard InChI is InChI=1S/C18H19ClO/c1-3-13(2)15-6-8-16(9-7-15)18(20)12-14-4-10-17(19)11-5-14/h4-11,13H,3,12H2,1-2H3. The molecule has 2 aromatic rings. The summed E-state index contributed by atoms with van der Waals surface area (Å²) in [5, 5.41) is 0.694. The molecule has 0 aliphatic heterocycles. The molecule has 0 aliphatic carbocycles. The highest BCUT2D eigenvalue weighted by Crippen LogP contribution is 2.19. The molecular weight excluding hydrogens is 268 g/mol. The van der Waals surface area contributed by atoms with Crippen LogP contribution in [0, 0.1) is 0 Å². The number of carbonyl (C=O) groups is 1. The lowest BCUT2D eigenvalue weighted by molar-refractivity contribution is 0.0993. The van der Waals surface area contributed by atoms with Gasteiger partial charge in [-0.1, -0.05) is 61.8 Å². The molecule has 20 heavy (non-hydrogen) atoms. The fourth-order valence-electron chi connectivity index (χ4n) is 2.12. The second-order valence-electron chi connectivity index (χ2n) is 5.16. The minimum Gasteiger partial charge on any atom is -0.294 e. The maximum Gasteiger partial charge on any atom is 0.167 e. The summed E-state index contributed by atoms with van der Waals surface area (Å²) >= 11 is 5.84. The van der Waals surface area contributed by atoms with Crippen molar-refractivity contribution >= 4 is 17.4 Å². The van der Waals surface area contributed by atoms with Gasteiger partial charge in [0.05, 0.1) is 0 Å². The monoisotopic (exact) mass is 286 g/mol. The Labute approximate surface area is 125 Å². The zero-order valence-corrected chi connectivity index (χ0v) is 12.7. The Kier molecular flexibility index (Phi) is 4.97. The summed E-state index contributed by atoms with van der Waals surface area (Å²) in [7, 11) is 0. The van der Waals surface area contributed by atoms with E-state index < -0.39 is 0 Å². The lowest BCUT2D eigenvalue weighted by Gasteiger charge is -2.09. The van der Waals surface area contributed by atoms with E-state index in [1.807, 2.05) is 36.4 Å². The third kappa shape index (κ3) is 3.71. The number of hydrogen-bond acceptors (Lipinski definition) is 1. The van der Waals surface area contributed by atoms with Crippen LogP contribution in [0.25, 0.3) is 0 Å². The summed E-state index contributed by atoms with van der Waals surface area (Å²) in [6.45, 7) is 4.37. The maximum absolute atomic E-state index is 12.2. The summed E-state index contributed by atoms with van der Waals surface area (Å²) < 4.78 is 0. The van der Waals surface area contributed by atoms with E-state index in [4.69, 9.17) is 11.6 Å². The first-order valence-corrected chi connectivity index (χ1v) is 7.35. The normalized spacial score (nSPS) is 12.2. The molecule has 2 rings (SSSR count). The van der Waals surface area contributed by atoms with Crippen molar-refractivity contribution in [3.8, 4) is 0 Å². The predicted molar refractivity (Wildman–Crippen MR) is 84.6 cm³/mol. The van der Waals surface area contributed by atoms with Crippen LogP contribution in [0.4, 0.5) is 0 Å². The van der Waals surface area contributed by atoms with E-state index in [9.17, 15) is 4.79 Å². The van der Waals surface area contributed by atoms with Gasteiger partial charge in [0.1, 0.15) is 0 Å². The minimum absolute atomic E-state index is 0.142. The largest absolute Gasteiger partial charge is 0.294 e. The average Bonchev–Trinajstić information content (AvgIpc) is 2.49. The van der Waals surface area contributed by atoms with Crippen LogP contribution >= 0.6 is 11.6 Å². The number of hydrogen-bond donors (Lipinski definition) is 0. The van der Waals surface area contributed by atoms with Crippen LogP contribution in [0.2, 0.25) is 5.02 Å². The molecule has 0 bridgehead atoms. The molecule has 2 heteroatoms. The topological polar surface area (TPSA) is 17.1 Å². The van der Waals surface area contributed by atoms with Gasteiger partial charge >= 0.3 is 0 Å². The van der Waals surface area contributed by atoms with Crippen LogP contribution in [0.3, 0.4) is 0 Å². The molecule has 2 aromatic carbocycles. The quantitative estimate of drug-likeness (QED) is 0.684. The van der Waals surface area contributed by atoms with E-state index in [0.29, 0.717) is 17.4 Å². The molecule has 0 heterocycles. The van der Waals surface area contributed by atoms with Gasteiger partial charge in [-0.05, 0) is 35.6 Å². The molecule has 1 atom stereocenters. The van der Waals surface area contributed by atoms with Gasteiger partial charge in [0.25, 0.3) is 0 Å². The number of halogens is 1. The van der Waals surface area contributed by atoms with Crippen molar-refractivity contribution in [2.75, 3.05) is 0 Å². The van der Waals surface area contributed by atoms with Gasteiger partial charge in [-0.25, -0.2) is 0 Å². The van der Waals surface area contributed by atoms with Crippen molar-refractivity contribution in [1.29, 1.82) is 0 Å². The maximum atomic E-state index is 12.2. The number of Topliss-reactive ketones (excluding diaryl/α,β-unsaturated/α-hetero) is 1. The van der Waals surface area contributed by atoms with Gasteiger partial charge in [-0.3, -0.25) is 4.79 Å². The highest BCUT2D eigenvalue weighted by Gasteiger charge is 2.08. The Morgan fingerprint density at radius 1 is 1.05 bits per heavy atom. The van der Waals surface area contributed by atoms with Crippen molar-refractivity contribution in [3.63, 3.8) is 0 Å². The van der Waals surface area contributed by atoms with Crippen LogP contribution in [0.15, 0.2) is 48.5 Å². The first-order chi connectivity index (χ1) is 9.60. The van der Waals surface area contributed by atoms with Crippen LogP contribution in [0.1, 0.15) is 47.7 Å². The molecule has 0 radical (unpaired) electrons. The fourth-order valence-corrected chi connectivity index (χ4v) is 2.25. The molecule has 104 valence electrons. The molecule has 0 fully saturated rings. The molecule has 0 amide bonds. The first-order valence-electron chi connectivity index (χ1n) is 6.97. The Morgan fingerprint density at radius 3 is 2.20 bits per heavy atom. The van der Waals surface area contributed by atoms with Crippen molar-refractivity contribution < 1.29 is 4.79 Å². The number of ketones is 1. The summed E-state index contributed by atoms with van der Waals surface area (Å²) in [5.41, 5.74) is 3.05. The predicted octanol–water partition coefficient (Wildman–Crippen LogP) is 5.28. The summed E-state index contributed by atoms with van der Waals surface area (Å²) in [4.78, 5) is 12.2. The molecule has 0 saturated heterocycles. The Hall–Kier alpha value is -1.60. The molecule has 0 aromatic heterocycles. The smallest absolute Gasteiger partial charge is 0.167 e. The summed E-state index contributed by atoms with van der Waals surface area (Å²) in [6.07, 6.45) is 1.53. The van der Waals surface area contributed by atoms with Crippen molar-refractivity contribution in [2.24, 2.45) is 0 Å². The van der Waals surface area contributed by atoms with Gasteiger partial charge in [0.15, 0.2) is 5.78 Å². The molecule has 0 aliphatic rings. The molecule has 0 saturated carbocycles. The first kappa shape index (κ1) is 14.8. The van der Waals surface area contributed by atoms with Crippen molar-refractivity contribution in [1.82, 2.24) is 0 Å². The zero-order chi connectivity index (χ0) is 14.5. The van der Waals surface area contributed by atoms with Crippen molar-refractivity contribution in [2.45, 2.75) is 32.6 Å². The molecular formula is C18H19ClO.